The molecule has 1 fully saturated rings. The molecule has 5 rings (SSSR count). The fraction of sp³-hybridized carbons (Fsp3) is 0.323. The third-order valence-corrected chi connectivity index (χ3v) is 7.06. The number of hydrogen-bond donors (Lipinski definition) is 1. The Labute approximate surface area is 245 Å². The first-order valence-corrected chi connectivity index (χ1v) is 13.8. The highest BCUT2D eigenvalue weighted by Gasteiger charge is 2.27. The fourth-order valence-electron chi connectivity index (χ4n) is 4.78. The van der Waals surface area contributed by atoms with Crippen LogP contribution in [0.2, 0.25) is 0 Å². The molecule has 3 heterocycles. The van der Waals surface area contributed by atoms with E-state index in [9.17, 15) is 4.79 Å². The molecule has 4 aromatic rings. The van der Waals surface area contributed by atoms with Gasteiger partial charge in [-0.05, 0) is 43.2 Å². The van der Waals surface area contributed by atoms with Crippen LogP contribution < -0.4 is 24.4 Å². The van der Waals surface area contributed by atoms with Gasteiger partial charge in [0.15, 0.2) is 0 Å². The Balaban J connectivity index is 1.41. The van der Waals surface area contributed by atoms with Crippen molar-refractivity contribution in [3.63, 3.8) is 0 Å². The van der Waals surface area contributed by atoms with Gasteiger partial charge in [-0.25, -0.2) is 14.7 Å². The smallest absolute Gasteiger partial charge is 0.425 e. The van der Waals surface area contributed by atoms with Gasteiger partial charge in [0.05, 0.1) is 38.8 Å². The van der Waals surface area contributed by atoms with E-state index in [2.05, 4.69) is 24.8 Å². The second-order valence-corrected chi connectivity index (χ2v) is 9.92. The van der Waals surface area contributed by atoms with Crippen molar-refractivity contribution in [1.29, 1.82) is 0 Å². The van der Waals surface area contributed by atoms with Crippen LogP contribution in [0, 0.1) is 13.8 Å². The van der Waals surface area contributed by atoms with Crippen LogP contribution in [0.1, 0.15) is 11.1 Å². The number of para-hydroxylation sites is 1. The van der Waals surface area contributed by atoms with Crippen LogP contribution in [0.4, 0.5) is 27.9 Å². The van der Waals surface area contributed by atoms with Gasteiger partial charge in [-0.2, -0.15) is 4.98 Å². The first-order chi connectivity index (χ1) is 20.4. The van der Waals surface area contributed by atoms with Crippen LogP contribution in [-0.2, 0) is 11.3 Å². The van der Waals surface area contributed by atoms with E-state index in [1.165, 1.54) is 12.0 Å². The molecule has 0 radical (unpaired) electrons. The summed E-state index contributed by atoms with van der Waals surface area (Å²) in [5, 5.41) is 3.26. The number of methoxy groups -OCH3 is 2. The SMILES string of the molecule is COc1ccc(N(C(=O)Oc2c(C)cccc2C)c2ccnc(Nc3ccn(CCN4CCOCC4)c3)n2)c(OC)c1. The molecule has 1 amide bonds. The quantitative estimate of drug-likeness (QED) is 0.270. The maximum Gasteiger partial charge on any atom is 0.425 e. The summed E-state index contributed by atoms with van der Waals surface area (Å²) in [7, 11) is 3.10. The maximum atomic E-state index is 13.8. The van der Waals surface area contributed by atoms with Crippen molar-refractivity contribution < 1.29 is 23.7 Å². The molecule has 1 N–H and O–H groups in total. The van der Waals surface area contributed by atoms with Crippen molar-refractivity contribution in [3.8, 4) is 17.2 Å². The minimum absolute atomic E-state index is 0.305. The Morgan fingerprint density at radius 3 is 2.55 bits per heavy atom. The molecule has 1 aliphatic rings. The summed E-state index contributed by atoms with van der Waals surface area (Å²) in [5.74, 6) is 2.13. The molecule has 0 aliphatic carbocycles. The second-order valence-electron chi connectivity index (χ2n) is 9.92. The van der Waals surface area contributed by atoms with Crippen LogP contribution in [-0.4, -0.2) is 72.6 Å². The molecule has 0 spiro atoms. The molecule has 0 unspecified atom stereocenters. The van der Waals surface area contributed by atoms with Gasteiger partial charge in [0.25, 0.3) is 0 Å². The lowest BCUT2D eigenvalue weighted by Crippen LogP contribution is -2.38. The number of carbonyl (C=O) groups excluding carboxylic acids is 1. The van der Waals surface area contributed by atoms with E-state index in [4.69, 9.17) is 18.9 Å². The number of carbonyl (C=O) groups is 1. The number of morpholine rings is 1. The number of anilines is 4. The summed E-state index contributed by atoms with van der Waals surface area (Å²) in [4.78, 5) is 26.7. The minimum Gasteiger partial charge on any atom is -0.497 e. The fourth-order valence-corrected chi connectivity index (χ4v) is 4.78. The predicted molar refractivity (Wildman–Crippen MR) is 161 cm³/mol. The standard InChI is InChI=1S/C31H36N6O5/c1-22-6-5-7-23(2)29(22)42-31(38)37(26-9-8-25(39-3)20-27(26)40-4)28-10-12-32-30(34-28)33-24-11-13-36(21-24)15-14-35-16-18-41-19-17-35/h5-13,20-21H,14-19H2,1-4H3,(H,32,33,34). The summed E-state index contributed by atoms with van der Waals surface area (Å²) < 4.78 is 24.5. The van der Waals surface area contributed by atoms with Crippen LogP contribution >= 0.6 is 0 Å². The summed E-state index contributed by atoms with van der Waals surface area (Å²) >= 11 is 0. The number of ether oxygens (including phenoxy) is 4. The predicted octanol–water partition coefficient (Wildman–Crippen LogP) is 5.33. The van der Waals surface area contributed by atoms with Gasteiger partial charge in [-0.15, -0.1) is 0 Å². The lowest BCUT2D eigenvalue weighted by atomic mass is 10.1. The highest BCUT2D eigenvalue weighted by atomic mass is 16.6. The average Bonchev–Trinajstić information content (AvgIpc) is 3.46. The van der Waals surface area contributed by atoms with E-state index < -0.39 is 6.09 Å². The molecule has 2 aromatic carbocycles. The zero-order chi connectivity index (χ0) is 29.5. The molecule has 1 saturated heterocycles. The van der Waals surface area contributed by atoms with Crippen molar-refractivity contribution in [1.82, 2.24) is 19.4 Å². The highest BCUT2D eigenvalue weighted by molar-refractivity contribution is 5.98. The normalized spacial score (nSPS) is 13.4. The molecule has 11 nitrogen and oxygen atoms in total. The number of nitrogens with one attached hydrogen (secondary N) is 1. The number of aromatic nitrogens is 3. The molecule has 0 saturated carbocycles. The van der Waals surface area contributed by atoms with E-state index in [1.807, 2.05) is 50.5 Å². The van der Waals surface area contributed by atoms with Crippen LogP contribution in [0.3, 0.4) is 0 Å². The van der Waals surface area contributed by atoms with Gasteiger partial charge >= 0.3 is 6.09 Å². The molecule has 42 heavy (non-hydrogen) atoms. The third kappa shape index (κ3) is 6.81. The van der Waals surface area contributed by atoms with Crippen molar-refractivity contribution in [3.05, 3.63) is 78.2 Å². The molecular formula is C31H36N6O5. The maximum absolute atomic E-state index is 13.8. The van der Waals surface area contributed by atoms with E-state index in [0.717, 1.165) is 56.2 Å². The number of aryl methyl sites for hydroxylation is 2. The molecule has 11 heteroatoms. The Morgan fingerprint density at radius 1 is 1.02 bits per heavy atom. The van der Waals surface area contributed by atoms with E-state index in [0.29, 0.717) is 34.7 Å². The van der Waals surface area contributed by atoms with Gasteiger partial charge in [-0.3, -0.25) is 4.90 Å². The van der Waals surface area contributed by atoms with Crippen LogP contribution in [0.25, 0.3) is 0 Å². The lowest BCUT2D eigenvalue weighted by molar-refractivity contribution is 0.0364. The van der Waals surface area contributed by atoms with Crippen LogP contribution in [0.15, 0.2) is 67.1 Å². The largest absolute Gasteiger partial charge is 0.497 e. The summed E-state index contributed by atoms with van der Waals surface area (Å²) in [6.45, 7) is 9.07. The number of benzene rings is 2. The Hall–Kier alpha value is -4.61. The monoisotopic (exact) mass is 572 g/mol. The Bertz CT molecular complexity index is 1500. The Morgan fingerprint density at radius 2 is 1.81 bits per heavy atom. The van der Waals surface area contributed by atoms with Crippen molar-refractivity contribution >= 4 is 29.2 Å². The zero-order valence-corrected chi connectivity index (χ0v) is 24.4. The Kier molecular flexibility index (Phi) is 9.20. The minimum atomic E-state index is -0.644. The number of amides is 1. The molecule has 220 valence electrons. The first kappa shape index (κ1) is 28.9. The molecular weight excluding hydrogens is 536 g/mol. The summed E-state index contributed by atoms with van der Waals surface area (Å²) in [6, 6.07) is 14.5. The average molecular weight is 573 g/mol. The molecule has 0 atom stereocenters. The highest BCUT2D eigenvalue weighted by Crippen LogP contribution is 2.37. The van der Waals surface area contributed by atoms with Gasteiger partial charge in [0, 0.05) is 56.9 Å². The van der Waals surface area contributed by atoms with Crippen LogP contribution in [0.5, 0.6) is 17.2 Å². The van der Waals surface area contributed by atoms with E-state index in [1.54, 1.807) is 37.6 Å². The lowest BCUT2D eigenvalue weighted by Gasteiger charge is -2.26. The van der Waals surface area contributed by atoms with E-state index in [-0.39, 0.29) is 0 Å². The van der Waals surface area contributed by atoms with Gasteiger partial charge < -0.3 is 28.8 Å². The van der Waals surface area contributed by atoms with Crippen molar-refractivity contribution in [2.24, 2.45) is 0 Å². The summed E-state index contributed by atoms with van der Waals surface area (Å²) in [6.07, 6.45) is 4.98. The zero-order valence-electron chi connectivity index (χ0n) is 24.4. The topological polar surface area (TPSA) is 103 Å². The first-order valence-electron chi connectivity index (χ1n) is 13.8. The second kappa shape index (κ2) is 13.4. The van der Waals surface area contributed by atoms with Gasteiger partial charge in [0.2, 0.25) is 5.95 Å². The van der Waals surface area contributed by atoms with Crippen molar-refractivity contribution in [2.75, 3.05) is 57.3 Å². The summed E-state index contributed by atoms with van der Waals surface area (Å²) in [5.41, 5.74) is 2.95. The van der Waals surface area contributed by atoms with Gasteiger partial charge in [0.1, 0.15) is 23.1 Å². The van der Waals surface area contributed by atoms with Gasteiger partial charge in [-0.1, -0.05) is 18.2 Å². The third-order valence-electron chi connectivity index (χ3n) is 7.06. The van der Waals surface area contributed by atoms with Crippen molar-refractivity contribution in [2.45, 2.75) is 20.4 Å². The molecule has 0 bridgehead atoms. The molecule has 1 aliphatic heterocycles. The molecule has 2 aromatic heterocycles. The van der Waals surface area contributed by atoms with E-state index >= 15 is 0 Å². The number of nitrogens with zero attached hydrogens (tertiary/aromatic N) is 5. The number of rotatable bonds is 10. The number of hydrogen-bond acceptors (Lipinski definition) is 9.